The summed E-state index contributed by atoms with van der Waals surface area (Å²) in [7, 11) is 0. The number of carbonyl (C=O) groups excluding carboxylic acids is 1. The third kappa shape index (κ3) is 3.74. The molecule has 2 fully saturated rings. The molecule has 0 saturated carbocycles. The fraction of sp³-hybridized carbons (Fsp3) is 0.867. The molecule has 3 atom stereocenters. The summed E-state index contributed by atoms with van der Waals surface area (Å²) >= 11 is 0. The highest BCUT2D eigenvalue weighted by Crippen LogP contribution is 2.31. The van der Waals surface area contributed by atoms with Gasteiger partial charge in [-0.25, -0.2) is 4.79 Å². The minimum atomic E-state index is -0.993. The zero-order valence-electron chi connectivity index (χ0n) is 12.8. The number of hydrogen-bond acceptors (Lipinski definition) is 4. The second kappa shape index (κ2) is 6.75. The highest BCUT2D eigenvalue weighted by atomic mass is 16.5. The van der Waals surface area contributed by atoms with E-state index in [1.807, 2.05) is 0 Å². The van der Waals surface area contributed by atoms with Gasteiger partial charge in [0.2, 0.25) is 5.91 Å². The van der Waals surface area contributed by atoms with Crippen LogP contribution in [-0.4, -0.2) is 47.4 Å². The molecule has 2 N–H and O–H groups in total. The Bertz CT molecular complexity index is 394. The molecule has 2 heterocycles. The average molecular weight is 299 g/mol. The van der Waals surface area contributed by atoms with Crippen molar-refractivity contribution in [2.75, 3.05) is 6.61 Å². The van der Waals surface area contributed by atoms with E-state index in [2.05, 4.69) is 19.2 Å². The first kappa shape index (κ1) is 16.2. The van der Waals surface area contributed by atoms with Crippen molar-refractivity contribution in [1.82, 2.24) is 5.32 Å². The van der Waals surface area contributed by atoms with Gasteiger partial charge >= 0.3 is 5.97 Å². The molecule has 21 heavy (non-hydrogen) atoms. The third-order valence-corrected chi connectivity index (χ3v) is 4.72. The summed E-state index contributed by atoms with van der Waals surface area (Å²) in [5.41, 5.74) is -0.143. The Labute approximate surface area is 125 Å². The molecular weight excluding hydrogens is 274 g/mol. The predicted octanol–water partition coefficient (Wildman–Crippen LogP) is 1.47. The van der Waals surface area contributed by atoms with Gasteiger partial charge in [0.25, 0.3) is 0 Å². The van der Waals surface area contributed by atoms with Gasteiger partial charge in [0.05, 0.1) is 5.60 Å². The lowest BCUT2D eigenvalue weighted by Gasteiger charge is -2.40. The van der Waals surface area contributed by atoms with Crippen LogP contribution in [0.4, 0.5) is 0 Å². The molecule has 0 bridgehead atoms. The van der Waals surface area contributed by atoms with Gasteiger partial charge in [0.1, 0.15) is 6.10 Å². The van der Waals surface area contributed by atoms with E-state index >= 15 is 0 Å². The topological polar surface area (TPSA) is 84.9 Å². The summed E-state index contributed by atoms with van der Waals surface area (Å²) in [4.78, 5) is 23.0. The number of carboxylic acid groups (broad SMARTS) is 1. The lowest BCUT2D eigenvalue weighted by molar-refractivity contribution is -0.152. The Morgan fingerprint density at radius 3 is 2.43 bits per heavy atom. The zero-order chi connectivity index (χ0) is 15.5. The summed E-state index contributed by atoms with van der Waals surface area (Å²) < 4.78 is 11.2. The van der Waals surface area contributed by atoms with Crippen molar-refractivity contribution >= 4 is 11.9 Å². The Hall–Kier alpha value is -1.14. The van der Waals surface area contributed by atoms with Gasteiger partial charge in [-0.2, -0.15) is 0 Å². The van der Waals surface area contributed by atoms with Gasteiger partial charge < -0.3 is 19.9 Å². The molecule has 1 amide bonds. The van der Waals surface area contributed by atoms with E-state index in [0.29, 0.717) is 19.4 Å². The number of carboxylic acids is 1. The van der Waals surface area contributed by atoms with Crippen LogP contribution in [0.15, 0.2) is 0 Å². The molecule has 0 spiro atoms. The molecule has 0 aromatic carbocycles. The zero-order valence-corrected chi connectivity index (χ0v) is 12.8. The fourth-order valence-corrected chi connectivity index (χ4v) is 3.20. The minimum absolute atomic E-state index is 0.0821. The maximum absolute atomic E-state index is 12.2. The van der Waals surface area contributed by atoms with Crippen LogP contribution in [-0.2, 0) is 19.1 Å². The monoisotopic (exact) mass is 299 g/mol. The first-order valence-electron chi connectivity index (χ1n) is 7.82. The average Bonchev–Trinajstić information content (AvgIpc) is 2.97. The van der Waals surface area contributed by atoms with Crippen LogP contribution in [0.2, 0.25) is 0 Å². The van der Waals surface area contributed by atoms with Crippen molar-refractivity contribution in [1.29, 1.82) is 0 Å². The van der Waals surface area contributed by atoms with Crippen molar-refractivity contribution in [2.24, 2.45) is 0 Å². The van der Waals surface area contributed by atoms with E-state index in [4.69, 9.17) is 14.6 Å². The van der Waals surface area contributed by atoms with Gasteiger partial charge in [0, 0.05) is 12.6 Å². The Kier molecular flexibility index (Phi) is 5.22. The van der Waals surface area contributed by atoms with Crippen molar-refractivity contribution in [2.45, 2.75) is 76.2 Å². The lowest BCUT2D eigenvalue weighted by atomic mass is 9.86. The van der Waals surface area contributed by atoms with E-state index in [-0.39, 0.29) is 17.6 Å². The largest absolute Gasteiger partial charge is 0.479 e. The van der Waals surface area contributed by atoms with Crippen LogP contribution in [0.25, 0.3) is 0 Å². The van der Waals surface area contributed by atoms with Crippen LogP contribution in [0.3, 0.4) is 0 Å². The van der Waals surface area contributed by atoms with Crippen LogP contribution >= 0.6 is 0 Å². The molecule has 0 aliphatic carbocycles. The summed E-state index contributed by atoms with van der Waals surface area (Å²) in [6.07, 6.45) is 2.85. The first-order chi connectivity index (χ1) is 9.99. The molecule has 2 rings (SSSR count). The number of amides is 1. The molecule has 0 aromatic rings. The van der Waals surface area contributed by atoms with Crippen LogP contribution < -0.4 is 5.32 Å². The Morgan fingerprint density at radius 2 is 1.86 bits per heavy atom. The first-order valence-corrected chi connectivity index (χ1v) is 7.82. The summed E-state index contributed by atoms with van der Waals surface area (Å²) in [5, 5.41) is 11.9. The molecule has 2 saturated heterocycles. The van der Waals surface area contributed by atoms with Crippen LogP contribution in [0, 0.1) is 0 Å². The highest BCUT2D eigenvalue weighted by molar-refractivity contribution is 5.82. The van der Waals surface area contributed by atoms with E-state index in [1.54, 1.807) is 0 Å². The second-order valence-corrected chi connectivity index (χ2v) is 5.97. The molecule has 2 aliphatic heterocycles. The van der Waals surface area contributed by atoms with Gasteiger partial charge in [-0.15, -0.1) is 0 Å². The molecule has 120 valence electrons. The van der Waals surface area contributed by atoms with Crippen molar-refractivity contribution in [3.05, 3.63) is 0 Å². The number of nitrogens with one attached hydrogen (secondary N) is 1. The molecular formula is C15H25NO5. The molecule has 3 unspecified atom stereocenters. The maximum Gasteiger partial charge on any atom is 0.332 e. The lowest BCUT2D eigenvalue weighted by Crippen LogP contribution is -2.50. The number of carbonyl (C=O) groups is 2. The van der Waals surface area contributed by atoms with E-state index in [0.717, 1.165) is 25.7 Å². The summed E-state index contributed by atoms with van der Waals surface area (Å²) in [6.45, 7) is 4.85. The number of ether oxygens (including phenoxy) is 2. The molecule has 0 aromatic heterocycles. The highest BCUT2D eigenvalue weighted by Gasteiger charge is 2.38. The van der Waals surface area contributed by atoms with Crippen molar-refractivity contribution in [3.8, 4) is 0 Å². The number of hydrogen-bond donors (Lipinski definition) is 2. The SMILES string of the molecule is CCC1(CC)CC(NC(=O)C2CCC(C(=O)O)O2)CCO1. The number of rotatable bonds is 5. The maximum atomic E-state index is 12.2. The normalized spacial score (nSPS) is 31.8. The van der Waals surface area contributed by atoms with E-state index in [9.17, 15) is 9.59 Å². The summed E-state index contributed by atoms with van der Waals surface area (Å²) in [6, 6.07) is 0.0821. The molecule has 6 nitrogen and oxygen atoms in total. The molecule has 6 heteroatoms. The van der Waals surface area contributed by atoms with Gasteiger partial charge in [-0.1, -0.05) is 13.8 Å². The van der Waals surface area contributed by atoms with Crippen molar-refractivity contribution < 1.29 is 24.2 Å². The van der Waals surface area contributed by atoms with Crippen LogP contribution in [0.1, 0.15) is 52.4 Å². The Balaban J connectivity index is 1.87. The molecule has 2 aliphatic rings. The van der Waals surface area contributed by atoms with Gasteiger partial charge in [-0.05, 0) is 38.5 Å². The smallest absolute Gasteiger partial charge is 0.332 e. The van der Waals surface area contributed by atoms with E-state index < -0.39 is 18.2 Å². The molecule has 0 radical (unpaired) electrons. The predicted molar refractivity (Wildman–Crippen MR) is 76.0 cm³/mol. The van der Waals surface area contributed by atoms with Gasteiger partial charge in [0.15, 0.2) is 6.10 Å². The third-order valence-electron chi connectivity index (χ3n) is 4.72. The quantitative estimate of drug-likeness (QED) is 0.803. The van der Waals surface area contributed by atoms with Gasteiger partial charge in [-0.3, -0.25) is 4.79 Å². The van der Waals surface area contributed by atoms with Crippen molar-refractivity contribution in [3.63, 3.8) is 0 Å². The Morgan fingerprint density at radius 1 is 1.19 bits per heavy atom. The second-order valence-electron chi connectivity index (χ2n) is 5.97. The van der Waals surface area contributed by atoms with E-state index in [1.165, 1.54) is 0 Å². The summed E-state index contributed by atoms with van der Waals surface area (Å²) in [5.74, 6) is -1.18. The van der Waals surface area contributed by atoms with Crippen LogP contribution in [0.5, 0.6) is 0 Å². The fourth-order valence-electron chi connectivity index (χ4n) is 3.20. The standard InChI is InChI=1S/C15H25NO5/c1-3-15(4-2)9-10(7-8-20-15)16-13(17)11-5-6-12(21-11)14(18)19/h10-12H,3-9H2,1-2H3,(H,16,17)(H,18,19). The minimum Gasteiger partial charge on any atom is -0.479 e. The number of aliphatic carboxylic acids is 1.